The molecule has 1 aromatic heterocycles. The first-order chi connectivity index (χ1) is 8.07. The number of aryl methyl sites for hydroxylation is 1. The Hall–Kier alpha value is -0.920. The van der Waals surface area contributed by atoms with Gasteiger partial charge in [-0.05, 0) is 26.0 Å². The van der Waals surface area contributed by atoms with Crippen molar-refractivity contribution in [1.29, 1.82) is 0 Å². The Bertz CT molecular complexity index is 482. The Morgan fingerprint density at radius 2 is 2.35 bits per heavy atom. The first-order valence-electron chi connectivity index (χ1n) is 5.72. The molecule has 7 heteroatoms. The van der Waals surface area contributed by atoms with Gasteiger partial charge in [0.25, 0.3) is 10.0 Å². The monoisotopic (exact) mass is 258 g/mol. The summed E-state index contributed by atoms with van der Waals surface area (Å²) in [4.78, 5) is 0. The summed E-state index contributed by atoms with van der Waals surface area (Å²) in [6, 6.07) is 1.60. The average Bonchev–Trinajstić information content (AvgIpc) is 2.87. The van der Waals surface area contributed by atoms with Crippen LogP contribution in [0.2, 0.25) is 0 Å². The van der Waals surface area contributed by atoms with Crippen LogP contribution in [0.1, 0.15) is 12.8 Å². The van der Waals surface area contributed by atoms with Crippen LogP contribution in [-0.2, 0) is 17.1 Å². The van der Waals surface area contributed by atoms with Gasteiger partial charge < -0.3 is 5.32 Å². The highest BCUT2D eigenvalue weighted by Crippen LogP contribution is 2.25. The molecule has 0 aliphatic carbocycles. The quantitative estimate of drug-likeness (QED) is 0.811. The second kappa shape index (κ2) is 4.75. The van der Waals surface area contributed by atoms with Crippen LogP contribution >= 0.6 is 0 Å². The number of sulfonamides is 1. The molecule has 17 heavy (non-hydrogen) atoms. The average molecular weight is 258 g/mol. The summed E-state index contributed by atoms with van der Waals surface area (Å²) in [5.74, 6) is 0. The number of hydrogen-bond acceptors (Lipinski definition) is 4. The fraction of sp³-hybridized carbons (Fsp3) is 0.700. The molecular formula is C10H18N4O2S. The van der Waals surface area contributed by atoms with Crippen molar-refractivity contribution in [2.24, 2.45) is 7.05 Å². The second-order valence-electron chi connectivity index (χ2n) is 4.26. The van der Waals surface area contributed by atoms with E-state index in [9.17, 15) is 8.42 Å². The van der Waals surface area contributed by atoms with E-state index in [0.717, 1.165) is 12.8 Å². The zero-order valence-electron chi connectivity index (χ0n) is 10.1. The molecule has 0 saturated carbocycles. The molecule has 1 N–H and O–H groups in total. The highest BCUT2D eigenvalue weighted by molar-refractivity contribution is 7.89. The molecule has 0 spiro atoms. The molecule has 96 valence electrons. The molecule has 0 aromatic carbocycles. The van der Waals surface area contributed by atoms with Crippen LogP contribution in [0.25, 0.3) is 0 Å². The van der Waals surface area contributed by atoms with Crippen LogP contribution in [0.5, 0.6) is 0 Å². The van der Waals surface area contributed by atoms with Gasteiger partial charge >= 0.3 is 0 Å². The maximum atomic E-state index is 12.4. The van der Waals surface area contributed by atoms with Crippen LogP contribution in [0.3, 0.4) is 0 Å². The van der Waals surface area contributed by atoms with Crippen molar-refractivity contribution in [1.82, 2.24) is 19.4 Å². The number of nitrogens with one attached hydrogen (secondary N) is 1. The third-order valence-corrected chi connectivity index (χ3v) is 5.14. The van der Waals surface area contributed by atoms with E-state index in [1.54, 1.807) is 17.4 Å². The number of aromatic nitrogens is 2. The van der Waals surface area contributed by atoms with Crippen LogP contribution in [0.15, 0.2) is 17.3 Å². The third-order valence-electron chi connectivity index (χ3n) is 3.11. The van der Waals surface area contributed by atoms with Gasteiger partial charge in [-0.15, -0.1) is 0 Å². The summed E-state index contributed by atoms with van der Waals surface area (Å²) in [5.41, 5.74) is 0. The summed E-state index contributed by atoms with van der Waals surface area (Å²) in [6.07, 6.45) is 3.34. The molecule has 0 amide bonds. The molecule has 6 nitrogen and oxygen atoms in total. The van der Waals surface area contributed by atoms with E-state index < -0.39 is 10.0 Å². The van der Waals surface area contributed by atoms with Gasteiger partial charge in [0, 0.05) is 26.2 Å². The van der Waals surface area contributed by atoms with E-state index >= 15 is 0 Å². The first kappa shape index (κ1) is 12.5. The summed E-state index contributed by atoms with van der Waals surface area (Å²) < 4.78 is 27.9. The molecule has 1 aromatic rings. The molecule has 2 heterocycles. The molecule has 1 atom stereocenters. The number of nitrogens with zero attached hydrogens (tertiary/aromatic N) is 3. The smallest absolute Gasteiger partial charge is 0.260 e. The van der Waals surface area contributed by atoms with E-state index in [1.165, 1.54) is 10.9 Å². The van der Waals surface area contributed by atoms with Crippen molar-refractivity contribution in [3.63, 3.8) is 0 Å². The Balaban J connectivity index is 2.30. The zero-order chi connectivity index (χ0) is 12.5. The first-order valence-corrected chi connectivity index (χ1v) is 7.16. The molecule has 2 rings (SSSR count). The number of likely N-dealkylation sites (N-methyl/N-ethyl adjacent to an activating group) is 1. The van der Waals surface area contributed by atoms with Gasteiger partial charge in [0.05, 0.1) is 6.20 Å². The molecule has 0 bridgehead atoms. The number of hydrogen-bond donors (Lipinski definition) is 1. The Morgan fingerprint density at radius 3 is 2.94 bits per heavy atom. The maximum absolute atomic E-state index is 12.4. The molecular weight excluding hydrogens is 240 g/mol. The molecule has 1 saturated heterocycles. The van der Waals surface area contributed by atoms with Gasteiger partial charge in [-0.25, -0.2) is 8.42 Å². The van der Waals surface area contributed by atoms with Crippen LogP contribution in [0, 0.1) is 0 Å². The minimum atomic E-state index is -3.40. The summed E-state index contributed by atoms with van der Waals surface area (Å²) in [5, 5.41) is 7.23. The minimum absolute atomic E-state index is 0.0555. The van der Waals surface area contributed by atoms with Crippen molar-refractivity contribution < 1.29 is 8.42 Å². The van der Waals surface area contributed by atoms with Crippen molar-refractivity contribution in [2.45, 2.75) is 23.9 Å². The third kappa shape index (κ3) is 2.22. The van der Waals surface area contributed by atoms with E-state index in [4.69, 9.17) is 0 Å². The topological polar surface area (TPSA) is 67.2 Å². The van der Waals surface area contributed by atoms with Crippen LogP contribution < -0.4 is 5.32 Å². The predicted octanol–water partition coefficient (Wildman–Crippen LogP) is -0.207. The lowest BCUT2D eigenvalue weighted by atomic mass is 10.2. The van der Waals surface area contributed by atoms with E-state index in [-0.39, 0.29) is 11.1 Å². The molecule has 1 fully saturated rings. The summed E-state index contributed by atoms with van der Waals surface area (Å²) in [6.45, 7) is 1.29. The zero-order valence-corrected chi connectivity index (χ0v) is 10.9. The maximum Gasteiger partial charge on any atom is 0.260 e. The lowest BCUT2D eigenvalue weighted by Gasteiger charge is -2.23. The van der Waals surface area contributed by atoms with Gasteiger partial charge in [0.1, 0.15) is 0 Å². The van der Waals surface area contributed by atoms with Gasteiger partial charge in [0.2, 0.25) is 0 Å². The van der Waals surface area contributed by atoms with Gasteiger partial charge in [-0.1, -0.05) is 0 Å². The van der Waals surface area contributed by atoms with Crippen molar-refractivity contribution in [2.75, 3.05) is 20.1 Å². The lowest BCUT2D eigenvalue weighted by Crippen LogP contribution is -2.41. The summed E-state index contributed by atoms with van der Waals surface area (Å²) >= 11 is 0. The van der Waals surface area contributed by atoms with E-state index in [2.05, 4.69) is 10.4 Å². The Kier molecular flexibility index (Phi) is 3.50. The van der Waals surface area contributed by atoms with Gasteiger partial charge in [-0.2, -0.15) is 9.40 Å². The fourth-order valence-electron chi connectivity index (χ4n) is 2.30. The van der Waals surface area contributed by atoms with Gasteiger partial charge in [-0.3, -0.25) is 4.68 Å². The largest absolute Gasteiger partial charge is 0.318 e. The molecule has 1 aliphatic rings. The predicted molar refractivity (Wildman–Crippen MR) is 64.0 cm³/mol. The van der Waals surface area contributed by atoms with Crippen molar-refractivity contribution in [3.8, 4) is 0 Å². The summed E-state index contributed by atoms with van der Waals surface area (Å²) in [7, 11) is 0.0857. The number of rotatable bonds is 4. The second-order valence-corrected chi connectivity index (χ2v) is 6.10. The fourth-order valence-corrected chi connectivity index (χ4v) is 4.10. The molecule has 0 radical (unpaired) electrons. The molecule has 1 unspecified atom stereocenters. The highest BCUT2D eigenvalue weighted by atomic mass is 32.2. The Morgan fingerprint density at radius 1 is 1.59 bits per heavy atom. The van der Waals surface area contributed by atoms with Crippen molar-refractivity contribution >= 4 is 10.0 Å². The van der Waals surface area contributed by atoms with Crippen LogP contribution in [-0.4, -0.2) is 48.7 Å². The van der Waals surface area contributed by atoms with Crippen LogP contribution in [0.4, 0.5) is 0 Å². The standard InChI is InChI=1S/C10H18N4O2S/c1-11-8-9-4-3-7-14(9)17(15,16)10-5-6-12-13(10)2/h5-6,9,11H,3-4,7-8H2,1-2H3. The molecule has 1 aliphatic heterocycles. The van der Waals surface area contributed by atoms with Crippen molar-refractivity contribution in [3.05, 3.63) is 12.3 Å². The SMILES string of the molecule is CNCC1CCCN1S(=O)(=O)c1ccnn1C. The van der Waals surface area contributed by atoms with E-state index in [0.29, 0.717) is 13.1 Å². The van der Waals surface area contributed by atoms with Gasteiger partial charge in [0.15, 0.2) is 5.03 Å². The highest BCUT2D eigenvalue weighted by Gasteiger charge is 2.36. The lowest BCUT2D eigenvalue weighted by molar-refractivity contribution is 0.375. The Labute approximate surface area is 102 Å². The minimum Gasteiger partial charge on any atom is -0.318 e. The normalized spacial score (nSPS) is 22.1. The van der Waals surface area contributed by atoms with E-state index in [1.807, 2.05) is 7.05 Å².